The van der Waals surface area contributed by atoms with Crippen LogP contribution in [0, 0.1) is 0 Å². The minimum atomic E-state index is -0.252. The molecule has 5 heteroatoms. The van der Waals surface area contributed by atoms with Gasteiger partial charge in [0.15, 0.2) is 5.78 Å². The predicted octanol–water partition coefficient (Wildman–Crippen LogP) is 2.88. The summed E-state index contributed by atoms with van der Waals surface area (Å²) < 4.78 is 0. The Hall–Kier alpha value is -2.95. The van der Waals surface area contributed by atoms with Crippen molar-refractivity contribution < 1.29 is 14.4 Å². The maximum Gasteiger partial charge on any atom is 0.254 e. The number of hydrogen-bond acceptors (Lipinski definition) is 3. The summed E-state index contributed by atoms with van der Waals surface area (Å²) in [5.74, 6) is -0.511. The zero-order chi connectivity index (χ0) is 18.8. The van der Waals surface area contributed by atoms with Gasteiger partial charge in [0.25, 0.3) is 5.91 Å². The lowest BCUT2D eigenvalue weighted by Gasteiger charge is -2.21. The molecule has 2 aromatic carbocycles. The van der Waals surface area contributed by atoms with Gasteiger partial charge in [-0.2, -0.15) is 0 Å². The summed E-state index contributed by atoms with van der Waals surface area (Å²) in [5.41, 5.74) is 3.37. The van der Waals surface area contributed by atoms with E-state index < -0.39 is 0 Å². The van der Waals surface area contributed by atoms with Crippen molar-refractivity contribution in [3.63, 3.8) is 0 Å². The van der Waals surface area contributed by atoms with Crippen LogP contribution in [-0.2, 0) is 4.79 Å². The van der Waals surface area contributed by atoms with Gasteiger partial charge in [-0.15, -0.1) is 0 Å². The van der Waals surface area contributed by atoms with Gasteiger partial charge in [0.2, 0.25) is 5.91 Å². The molecule has 0 aromatic heterocycles. The molecule has 0 saturated carbocycles. The van der Waals surface area contributed by atoms with E-state index in [1.165, 1.54) is 4.90 Å². The van der Waals surface area contributed by atoms with Crippen LogP contribution in [0.15, 0.2) is 42.5 Å². The average Bonchev–Trinajstić information content (AvgIpc) is 2.91. The van der Waals surface area contributed by atoms with Crippen LogP contribution in [0.2, 0.25) is 0 Å². The third-order valence-corrected chi connectivity index (χ3v) is 4.43. The zero-order valence-electron chi connectivity index (χ0n) is 15.2. The average molecular weight is 350 g/mol. The summed E-state index contributed by atoms with van der Waals surface area (Å²) in [5, 5.41) is 2.79. The van der Waals surface area contributed by atoms with Crippen LogP contribution >= 0.6 is 0 Å². The highest BCUT2D eigenvalue weighted by Crippen LogP contribution is 2.36. The Morgan fingerprint density at radius 1 is 1.00 bits per heavy atom. The molecule has 3 rings (SSSR count). The smallest absolute Gasteiger partial charge is 0.254 e. The quantitative estimate of drug-likeness (QED) is 0.769. The number of carbonyl (C=O) groups is 3. The topological polar surface area (TPSA) is 66.5 Å². The van der Waals surface area contributed by atoms with Crippen molar-refractivity contribution in [1.82, 2.24) is 10.2 Å². The van der Waals surface area contributed by atoms with Crippen LogP contribution in [0.4, 0.5) is 0 Å². The van der Waals surface area contributed by atoms with Crippen molar-refractivity contribution in [2.45, 2.75) is 26.8 Å². The standard InChI is InChI=1S/C21H22N2O3/c1-4-23(12-19(24)22-13(2)3)21(26)14-9-10-16-15-7-5-6-8-17(15)20(25)18(16)11-14/h5-11,13H,4,12H2,1-3H3,(H,22,24). The fourth-order valence-corrected chi connectivity index (χ4v) is 3.21. The molecule has 0 heterocycles. The van der Waals surface area contributed by atoms with E-state index in [4.69, 9.17) is 0 Å². The third kappa shape index (κ3) is 3.25. The summed E-state index contributed by atoms with van der Waals surface area (Å²) in [4.78, 5) is 38.9. The summed E-state index contributed by atoms with van der Waals surface area (Å²) in [6, 6.07) is 12.6. The Bertz CT molecular complexity index is 887. The van der Waals surface area contributed by atoms with Crippen LogP contribution < -0.4 is 5.32 Å². The first-order valence-electron chi connectivity index (χ1n) is 8.79. The number of rotatable bonds is 5. The van der Waals surface area contributed by atoms with Crippen molar-refractivity contribution in [2.24, 2.45) is 0 Å². The molecule has 0 atom stereocenters. The number of likely N-dealkylation sites (N-methyl/N-ethyl adjacent to an activating group) is 1. The third-order valence-electron chi connectivity index (χ3n) is 4.43. The molecule has 134 valence electrons. The van der Waals surface area contributed by atoms with Crippen LogP contribution in [0.1, 0.15) is 47.1 Å². The molecule has 0 bridgehead atoms. The maximum absolute atomic E-state index is 12.8. The van der Waals surface area contributed by atoms with E-state index in [-0.39, 0.29) is 30.2 Å². The SMILES string of the molecule is CCN(CC(=O)NC(C)C)C(=O)c1ccc2c(c1)C(=O)c1ccccc1-2. The predicted molar refractivity (Wildman–Crippen MR) is 100 cm³/mol. The normalized spacial score (nSPS) is 11.9. The largest absolute Gasteiger partial charge is 0.352 e. The fraction of sp³-hybridized carbons (Fsp3) is 0.286. The van der Waals surface area contributed by atoms with Crippen molar-refractivity contribution >= 4 is 17.6 Å². The number of nitrogens with zero attached hydrogens (tertiary/aromatic N) is 1. The first kappa shape index (κ1) is 17.9. The van der Waals surface area contributed by atoms with Crippen molar-refractivity contribution in [1.29, 1.82) is 0 Å². The number of carbonyl (C=O) groups excluding carboxylic acids is 3. The Morgan fingerprint density at radius 2 is 1.65 bits per heavy atom. The van der Waals surface area contributed by atoms with E-state index in [9.17, 15) is 14.4 Å². The number of nitrogens with one attached hydrogen (secondary N) is 1. The van der Waals surface area contributed by atoms with Crippen molar-refractivity contribution in [2.75, 3.05) is 13.1 Å². The minimum absolute atomic E-state index is 0.00122. The number of amides is 2. The Kier molecular flexibility index (Phi) is 4.89. The van der Waals surface area contributed by atoms with E-state index in [1.54, 1.807) is 18.2 Å². The molecular formula is C21H22N2O3. The van der Waals surface area contributed by atoms with Crippen LogP contribution in [0.3, 0.4) is 0 Å². The number of ketones is 1. The summed E-state index contributed by atoms with van der Waals surface area (Å²) >= 11 is 0. The molecule has 2 aromatic rings. The van der Waals surface area contributed by atoms with Crippen molar-refractivity contribution in [3.05, 3.63) is 59.2 Å². The molecule has 1 aliphatic rings. The van der Waals surface area contributed by atoms with Gasteiger partial charge in [-0.1, -0.05) is 30.3 Å². The second-order valence-corrected chi connectivity index (χ2v) is 6.68. The van der Waals surface area contributed by atoms with E-state index in [1.807, 2.05) is 45.0 Å². The van der Waals surface area contributed by atoms with E-state index >= 15 is 0 Å². The van der Waals surface area contributed by atoms with Crippen LogP contribution in [0.25, 0.3) is 11.1 Å². The van der Waals surface area contributed by atoms with E-state index in [2.05, 4.69) is 5.32 Å². The molecule has 0 spiro atoms. The van der Waals surface area contributed by atoms with Gasteiger partial charge in [-0.3, -0.25) is 14.4 Å². The fourth-order valence-electron chi connectivity index (χ4n) is 3.21. The first-order valence-corrected chi connectivity index (χ1v) is 8.79. The molecule has 0 radical (unpaired) electrons. The summed E-state index contributed by atoms with van der Waals surface area (Å²) in [6.45, 7) is 5.99. The monoisotopic (exact) mass is 350 g/mol. The van der Waals surface area contributed by atoms with E-state index in [0.717, 1.165) is 11.1 Å². The zero-order valence-corrected chi connectivity index (χ0v) is 15.2. The van der Waals surface area contributed by atoms with Gasteiger partial charge in [-0.25, -0.2) is 0 Å². The van der Waals surface area contributed by atoms with Crippen molar-refractivity contribution in [3.8, 4) is 11.1 Å². The summed E-state index contributed by atoms with van der Waals surface area (Å²) in [6.07, 6.45) is 0. The molecular weight excluding hydrogens is 328 g/mol. The lowest BCUT2D eigenvalue weighted by molar-refractivity contribution is -0.122. The second kappa shape index (κ2) is 7.12. The molecule has 0 saturated heterocycles. The molecule has 5 nitrogen and oxygen atoms in total. The van der Waals surface area contributed by atoms with Gasteiger partial charge in [0.05, 0.1) is 6.54 Å². The molecule has 0 fully saturated rings. The Morgan fingerprint density at radius 3 is 2.31 bits per heavy atom. The molecule has 26 heavy (non-hydrogen) atoms. The number of benzene rings is 2. The van der Waals surface area contributed by atoms with E-state index in [0.29, 0.717) is 23.2 Å². The molecule has 1 aliphatic carbocycles. The Balaban J connectivity index is 1.85. The highest BCUT2D eigenvalue weighted by atomic mass is 16.2. The van der Waals surface area contributed by atoms with Crippen LogP contribution in [-0.4, -0.2) is 41.6 Å². The molecule has 2 amide bonds. The van der Waals surface area contributed by atoms with Gasteiger partial charge in [-0.05, 0) is 44.0 Å². The Labute approximate surface area is 153 Å². The lowest BCUT2D eigenvalue weighted by Crippen LogP contribution is -2.42. The highest BCUT2D eigenvalue weighted by Gasteiger charge is 2.28. The minimum Gasteiger partial charge on any atom is -0.352 e. The molecule has 0 unspecified atom stereocenters. The summed E-state index contributed by atoms with van der Waals surface area (Å²) in [7, 11) is 0. The van der Waals surface area contributed by atoms with Gasteiger partial charge in [0.1, 0.15) is 0 Å². The number of fused-ring (bicyclic) bond motifs is 3. The van der Waals surface area contributed by atoms with Gasteiger partial charge >= 0.3 is 0 Å². The highest BCUT2D eigenvalue weighted by molar-refractivity contribution is 6.22. The van der Waals surface area contributed by atoms with Crippen LogP contribution in [0.5, 0.6) is 0 Å². The van der Waals surface area contributed by atoms with Gasteiger partial charge < -0.3 is 10.2 Å². The second-order valence-electron chi connectivity index (χ2n) is 6.68. The lowest BCUT2D eigenvalue weighted by atomic mass is 10.0. The maximum atomic E-state index is 12.8. The molecule has 1 N–H and O–H groups in total. The number of hydrogen-bond donors (Lipinski definition) is 1. The molecule has 0 aliphatic heterocycles. The van der Waals surface area contributed by atoms with Gasteiger partial charge in [0, 0.05) is 29.3 Å². The first-order chi connectivity index (χ1) is 12.4.